The standard InChI is InChI=1S/C14H16FN3O3S/c1-10-9-22(19,20)7-6-18(10)8-13-16-17-14(21-13)11-2-4-12(15)5-3-11/h2-5,10H,6-9H2,1H3/t10-/m0/s1. The molecule has 0 bridgehead atoms. The van der Waals surface area contributed by atoms with Crippen LogP contribution in [0.3, 0.4) is 0 Å². The van der Waals surface area contributed by atoms with Crippen molar-refractivity contribution in [3.63, 3.8) is 0 Å². The summed E-state index contributed by atoms with van der Waals surface area (Å²) < 4.78 is 41.6. The van der Waals surface area contributed by atoms with Crippen LogP contribution in [0.25, 0.3) is 11.5 Å². The normalized spacial score (nSPS) is 21.8. The molecule has 0 aliphatic carbocycles. The quantitative estimate of drug-likeness (QED) is 0.851. The molecule has 1 fully saturated rings. The van der Waals surface area contributed by atoms with Crippen LogP contribution in [0.15, 0.2) is 28.7 Å². The molecule has 1 aliphatic heterocycles. The lowest BCUT2D eigenvalue weighted by atomic mass is 10.2. The molecule has 2 heterocycles. The fourth-order valence-corrected chi connectivity index (χ4v) is 4.09. The van der Waals surface area contributed by atoms with E-state index in [1.165, 1.54) is 12.1 Å². The third-order valence-corrected chi connectivity index (χ3v) is 5.50. The first kappa shape index (κ1) is 15.1. The highest BCUT2D eigenvalue weighted by atomic mass is 32.2. The molecule has 1 saturated heterocycles. The maximum Gasteiger partial charge on any atom is 0.247 e. The average Bonchev–Trinajstić information content (AvgIpc) is 2.91. The lowest BCUT2D eigenvalue weighted by molar-refractivity contribution is 0.198. The van der Waals surface area contributed by atoms with Crippen molar-refractivity contribution in [1.29, 1.82) is 0 Å². The summed E-state index contributed by atoms with van der Waals surface area (Å²) >= 11 is 0. The Hall–Kier alpha value is -1.80. The van der Waals surface area contributed by atoms with Crippen molar-refractivity contribution in [2.24, 2.45) is 0 Å². The molecule has 0 radical (unpaired) electrons. The van der Waals surface area contributed by atoms with E-state index in [1.54, 1.807) is 12.1 Å². The summed E-state index contributed by atoms with van der Waals surface area (Å²) in [5.41, 5.74) is 0.648. The molecule has 0 spiro atoms. The Morgan fingerprint density at radius 3 is 2.73 bits per heavy atom. The molecule has 1 aliphatic rings. The van der Waals surface area contributed by atoms with Crippen molar-refractivity contribution in [2.45, 2.75) is 19.5 Å². The zero-order valence-electron chi connectivity index (χ0n) is 12.1. The van der Waals surface area contributed by atoms with Gasteiger partial charge in [0.15, 0.2) is 9.84 Å². The first-order valence-electron chi connectivity index (χ1n) is 6.96. The van der Waals surface area contributed by atoms with Gasteiger partial charge in [-0.05, 0) is 31.2 Å². The van der Waals surface area contributed by atoms with Gasteiger partial charge in [0.1, 0.15) is 5.82 Å². The Labute approximate surface area is 127 Å². The largest absolute Gasteiger partial charge is 0.419 e. The van der Waals surface area contributed by atoms with E-state index >= 15 is 0 Å². The number of benzene rings is 1. The van der Waals surface area contributed by atoms with Crippen LogP contribution in [-0.4, -0.2) is 47.6 Å². The highest BCUT2D eigenvalue weighted by molar-refractivity contribution is 7.91. The Morgan fingerprint density at radius 2 is 2.05 bits per heavy atom. The van der Waals surface area contributed by atoms with Crippen LogP contribution in [0.2, 0.25) is 0 Å². The molecule has 0 amide bonds. The minimum absolute atomic E-state index is 0.0834. The van der Waals surface area contributed by atoms with Crippen LogP contribution in [0.4, 0.5) is 4.39 Å². The van der Waals surface area contributed by atoms with Crippen LogP contribution >= 0.6 is 0 Å². The minimum atomic E-state index is -2.94. The van der Waals surface area contributed by atoms with Crippen molar-refractivity contribution in [3.8, 4) is 11.5 Å². The summed E-state index contributed by atoms with van der Waals surface area (Å²) in [6.45, 7) is 2.73. The molecule has 1 atom stereocenters. The van der Waals surface area contributed by atoms with Gasteiger partial charge in [0.2, 0.25) is 11.8 Å². The molecule has 1 aromatic carbocycles. The predicted molar refractivity (Wildman–Crippen MR) is 78.2 cm³/mol. The maximum absolute atomic E-state index is 12.9. The fourth-order valence-electron chi connectivity index (χ4n) is 2.47. The number of hydrogen-bond acceptors (Lipinski definition) is 6. The first-order valence-corrected chi connectivity index (χ1v) is 8.78. The lowest BCUT2D eigenvalue weighted by Gasteiger charge is -2.31. The van der Waals surface area contributed by atoms with E-state index in [1.807, 2.05) is 11.8 Å². The van der Waals surface area contributed by atoms with Crippen LogP contribution in [0.1, 0.15) is 12.8 Å². The van der Waals surface area contributed by atoms with Crippen LogP contribution < -0.4 is 0 Å². The highest BCUT2D eigenvalue weighted by Crippen LogP contribution is 2.20. The monoisotopic (exact) mass is 325 g/mol. The van der Waals surface area contributed by atoms with Gasteiger partial charge < -0.3 is 4.42 Å². The predicted octanol–water partition coefficient (Wildman–Crippen LogP) is 1.49. The number of aromatic nitrogens is 2. The zero-order valence-corrected chi connectivity index (χ0v) is 12.9. The summed E-state index contributed by atoms with van der Waals surface area (Å²) in [5, 5.41) is 7.93. The second-order valence-corrected chi connectivity index (χ2v) is 7.67. The molecule has 6 nitrogen and oxygen atoms in total. The molecule has 0 saturated carbocycles. The van der Waals surface area contributed by atoms with Crippen LogP contribution in [-0.2, 0) is 16.4 Å². The van der Waals surface area contributed by atoms with Gasteiger partial charge in [0.25, 0.3) is 0 Å². The molecule has 2 aromatic rings. The summed E-state index contributed by atoms with van der Waals surface area (Å²) in [6, 6.07) is 5.72. The van der Waals surface area contributed by atoms with Gasteiger partial charge in [-0.2, -0.15) is 0 Å². The third-order valence-electron chi connectivity index (χ3n) is 3.70. The minimum Gasteiger partial charge on any atom is -0.419 e. The number of hydrogen-bond donors (Lipinski definition) is 0. The highest BCUT2D eigenvalue weighted by Gasteiger charge is 2.29. The Bertz CT molecular complexity index is 758. The lowest BCUT2D eigenvalue weighted by Crippen LogP contribution is -2.46. The smallest absolute Gasteiger partial charge is 0.247 e. The van der Waals surface area contributed by atoms with Gasteiger partial charge in [0.05, 0.1) is 18.1 Å². The Kier molecular flexibility index (Phi) is 3.96. The van der Waals surface area contributed by atoms with E-state index in [2.05, 4.69) is 10.2 Å². The van der Waals surface area contributed by atoms with Crippen molar-refractivity contribution in [3.05, 3.63) is 36.0 Å². The van der Waals surface area contributed by atoms with E-state index in [0.717, 1.165) is 0 Å². The van der Waals surface area contributed by atoms with E-state index in [0.29, 0.717) is 30.4 Å². The number of rotatable bonds is 3. The molecule has 0 N–H and O–H groups in total. The van der Waals surface area contributed by atoms with Gasteiger partial charge in [-0.15, -0.1) is 10.2 Å². The van der Waals surface area contributed by atoms with E-state index in [9.17, 15) is 12.8 Å². The second-order valence-electron chi connectivity index (χ2n) is 5.44. The molecule has 0 unspecified atom stereocenters. The van der Waals surface area contributed by atoms with E-state index < -0.39 is 9.84 Å². The van der Waals surface area contributed by atoms with Crippen molar-refractivity contribution in [2.75, 3.05) is 18.1 Å². The van der Waals surface area contributed by atoms with Crippen LogP contribution in [0, 0.1) is 5.82 Å². The summed E-state index contributed by atoms with van der Waals surface area (Å²) in [7, 11) is -2.94. The topological polar surface area (TPSA) is 76.3 Å². The number of nitrogens with zero attached hydrogens (tertiary/aromatic N) is 3. The van der Waals surface area contributed by atoms with Gasteiger partial charge in [-0.3, -0.25) is 4.90 Å². The Balaban J connectivity index is 1.71. The molecular weight excluding hydrogens is 309 g/mol. The van der Waals surface area contributed by atoms with E-state index in [4.69, 9.17) is 4.42 Å². The SMILES string of the molecule is C[C@H]1CS(=O)(=O)CCN1Cc1nnc(-c2ccc(F)cc2)o1. The van der Waals surface area contributed by atoms with Crippen molar-refractivity contribution in [1.82, 2.24) is 15.1 Å². The van der Waals surface area contributed by atoms with Crippen molar-refractivity contribution >= 4 is 9.84 Å². The Morgan fingerprint density at radius 1 is 1.32 bits per heavy atom. The van der Waals surface area contributed by atoms with Crippen LogP contribution in [0.5, 0.6) is 0 Å². The van der Waals surface area contributed by atoms with Gasteiger partial charge in [-0.25, -0.2) is 12.8 Å². The molecular formula is C14H16FN3O3S. The summed E-state index contributed by atoms with van der Waals surface area (Å²) in [4.78, 5) is 2.00. The molecule has 8 heteroatoms. The molecule has 3 rings (SSSR count). The average molecular weight is 325 g/mol. The fraction of sp³-hybridized carbons (Fsp3) is 0.429. The molecule has 1 aromatic heterocycles. The second kappa shape index (κ2) is 5.77. The molecule has 118 valence electrons. The van der Waals surface area contributed by atoms with Crippen molar-refractivity contribution < 1.29 is 17.2 Å². The first-order chi connectivity index (χ1) is 10.4. The summed E-state index contributed by atoms with van der Waals surface area (Å²) in [6.07, 6.45) is 0. The zero-order chi connectivity index (χ0) is 15.7. The third kappa shape index (κ3) is 3.33. The van der Waals surface area contributed by atoms with Gasteiger partial charge in [0, 0.05) is 18.2 Å². The van der Waals surface area contributed by atoms with Gasteiger partial charge in [-0.1, -0.05) is 0 Å². The number of sulfone groups is 1. The van der Waals surface area contributed by atoms with Gasteiger partial charge >= 0.3 is 0 Å². The maximum atomic E-state index is 12.9. The summed E-state index contributed by atoms with van der Waals surface area (Å²) in [5.74, 6) is 0.715. The number of halogens is 1. The molecule has 22 heavy (non-hydrogen) atoms. The van der Waals surface area contributed by atoms with E-state index in [-0.39, 0.29) is 23.4 Å².